The molecule has 0 radical (unpaired) electrons. The van der Waals surface area contributed by atoms with Gasteiger partial charge in [0, 0.05) is 0 Å². The predicted molar refractivity (Wildman–Crippen MR) is 56.1 cm³/mol. The van der Waals surface area contributed by atoms with Gasteiger partial charge in [-0.1, -0.05) is 23.2 Å². The molecule has 0 unspecified atom stereocenters. The second-order valence-electron chi connectivity index (χ2n) is 2.67. The Morgan fingerprint density at radius 2 is 1.88 bits per heavy atom. The van der Waals surface area contributed by atoms with E-state index in [4.69, 9.17) is 23.2 Å². The lowest BCUT2D eigenvalue weighted by Crippen LogP contribution is -2.04. The monoisotopic (exact) mass is 286 g/mol. The third-order valence-electron chi connectivity index (χ3n) is 1.71. The summed E-state index contributed by atoms with van der Waals surface area (Å²) in [5.41, 5.74) is -0.137. The third kappa shape index (κ3) is 2.45. The van der Waals surface area contributed by atoms with Crippen LogP contribution < -0.4 is 0 Å². The van der Waals surface area contributed by atoms with Crippen LogP contribution in [0.3, 0.4) is 0 Å². The van der Waals surface area contributed by atoms with Crippen LogP contribution in [-0.4, -0.2) is 21.5 Å². The average molecular weight is 287 g/mol. The summed E-state index contributed by atoms with van der Waals surface area (Å²) in [4.78, 5) is 10.4. The van der Waals surface area contributed by atoms with E-state index in [1.165, 1.54) is 0 Å². The first-order chi connectivity index (χ1) is 7.29. The molecule has 0 aliphatic rings. The molecule has 1 rings (SSSR count). The summed E-state index contributed by atoms with van der Waals surface area (Å²) < 4.78 is 38.3. The number of esters is 1. The first kappa shape index (κ1) is 13.2. The second-order valence-corrected chi connectivity index (χ2v) is 4.74. The summed E-state index contributed by atoms with van der Waals surface area (Å²) in [6, 6.07) is 1.86. The zero-order chi connectivity index (χ0) is 12.5. The second kappa shape index (κ2) is 4.57. The number of methoxy groups -OCH3 is 1. The van der Waals surface area contributed by atoms with Crippen molar-refractivity contribution in [3.8, 4) is 0 Å². The van der Waals surface area contributed by atoms with Gasteiger partial charge < -0.3 is 4.74 Å². The van der Waals surface area contributed by atoms with Crippen molar-refractivity contribution >= 4 is 39.4 Å². The zero-order valence-corrected chi connectivity index (χ0v) is 10.2. The average Bonchev–Trinajstić information content (AvgIpc) is 2.19. The van der Waals surface area contributed by atoms with Crippen molar-refractivity contribution < 1.29 is 21.8 Å². The van der Waals surface area contributed by atoms with Gasteiger partial charge in [-0.2, -0.15) is 8.42 Å². The summed E-state index contributed by atoms with van der Waals surface area (Å²) in [6.45, 7) is 0. The van der Waals surface area contributed by atoms with Crippen LogP contribution in [0.15, 0.2) is 17.0 Å². The van der Waals surface area contributed by atoms with Gasteiger partial charge in [-0.3, -0.25) is 0 Å². The molecular formula is C8H5Cl2FO4S. The Bertz CT molecular complexity index is 541. The van der Waals surface area contributed by atoms with Gasteiger partial charge in [0.15, 0.2) is 0 Å². The van der Waals surface area contributed by atoms with Crippen molar-refractivity contribution in [1.29, 1.82) is 0 Å². The fourth-order valence-electron chi connectivity index (χ4n) is 0.988. The van der Waals surface area contributed by atoms with Crippen LogP contribution in [0.25, 0.3) is 0 Å². The number of hydrogen-bond donors (Lipinski definition) is 0. The highest BCUT2D eigenvalue weighted by atomic mass is 35.5. The van der Waals surface area contributed by atoms with Crippen LogP contribution >= 0.6 is 23.2 Å². The molecular weight excluding hydrogens is 282 g/mol. The molecule has 8 heteroatoms. The molecule has 0 atom stereocenters. The van der Waals surface area contributed by atoms with E-state index in [0.29, 0.717) is 0 Å². The Balaban J connectivity index is 3.47. The lowest BCUT2D eigenvalue weighted by atomic mass is 10.2. The number of hydrogen-bond acceptors (Lipinski definition) is 4. The highest BCUT2D eigenvalue weighted by Crippen LogP contribution is 2.33. The van der Waals surface area contributed by atoms with Crippen molar-refractivity contribution in [2.75, 3.05) is 7.11 Å². The molecule has 0 aliphatic heterocycles. The van der Waals surface area contributed by atoms with Crippen LogP contribution in [-0.2, 0) is 15.0 Å². The number of ether oxygens (including phenoxy) is 1. The normalized spacial score (nSPS) is 11.2. The van der Waals surface area contributed by atoms with E-state index in [0.717, 1.165) is 19.2 Å². The molecule has 0 saturated heterocycles. The Hall–Kier alpha value is -0.850. The van der Waals surface area contributed by atoms with Gasteiger partial charge in [-0.05, 0) is 12.1 Å². The molecule has 0 N–H and O–H groups in total. The van der Waals surface area contributed by atoms with E-state index in [1.54, 1.807) is 0 Å². The molecule has 0 spiro atoms. The van der Waals surface area contributed by atoms with Crippen molar-refractivity contribution in [3.63, 3.8) is 0 Å². The summed E-state index contributed by atoms with van der Waals surface area (Å²) in [5, 5.41) is -0.917. The largest absolute Gasteiger partial charge is 0.465 e. The minimum atomic E-state index is -4.97. The first-order valence-corrected chi connectivity index (χ1v) is 5.94. The van der Waals surface area contributed by atoms with E-state index in [9.17, 15) is 17.1 Å². The smallest absolute Gasteiger partial charge is 0.339 e. The molecule has 16 heavy (non-hydrogen) atoms. The fourth-order valence-corrected chi connectivity index (χ4v) is 2.27. The van der Waals surface area contributed by atoms with Gasteiger partial charge in [0.1, 0.15) is 4.90 Å². The van der Waals surface area contributed by atoms with Crippen LogP contribution in [0.2, 0.25) is 10.0 Å². The summed E-state index contributed by atoms with van der Waals surface area (Å²) in [6.07, 6.45) is 0. The lowest BCUT2D eigenvalue weighted by molar-refractivity contribution is 0.0601. The SMILES string of the molecule is COC(=O)c1ccc(S(=O)(=O)F)c(Cl)c1Cl. The quantitative estimate of drug-likeness (QED) is 0.619. The standard InChI is InChI=1S/C8H5Cl2FO4S/c1-15-8(12)4-2-3-5(16(11,13)14)7(10)6(4)9/h2-3H,1H3. The lowest BCUT2D eigenvalue weighted by Gasteiger charge is -2.06. The maximum atomic E-state index is 12.7. The summed E-state index contributed by atoms with van der Waals surface area (Å²) in [7, 11) is -3.86. The highest BCUT2D eigenvalue weighted by Gasteiger charge is 2.23. The minimum Gasteiger partial charge on any atom is -0.465 e. The minimum absolute atomic E-state index is 0.137. The van der Waals surface area contributed by atoms with Gasteiger partial charge >= 0.3 is 16.2 Å². The van der Waals surface area contributed by atoms with E-state index in [1.807, 2.05) is 0 Å². The van der Waals surface area contributed by atoms with E-state index < -0.39 is 26.1 Å². The molecule has 0 aliphatic carbocycles. The molecule has 0 fully saturated rings. The summed E-state index contributed by atoms with van der Waals surface area (Å²) in [5.74, 6) is -0.797. The maximum Gasteiger partial charge on any atom is 0.339 e. The predicted octanol–water partition coefficient (Wildman–Crippen LogP) is 2.44. The topological polar surface area (TPSA) is 60.4 Å². The maximum absolute atomic E-state index is 12.7. The van der Waals surface area contributed by atoms with Crippen molar-refractivity contribution in [3.05, 3.63) is 27.7 Å². The van der Waals surface area contributed by atoms with Gasteiger partial charge in [0.2, 0.25) is 0 Å². The van der Waals surface area contributed by atoms with Crippen LogP contribution in [0.4, 0.5) is 3.89 Å². The zero-order valence-electron chi connectivity index (χ0n) is 7.83. The van der Waals surface area contributed by atoms with E-state index in [2.05, 4.69) is 4.74 Å². The highest BCUT2D eigenvalue weighted by molar-refractivity contribution is 7.86. The molecule has 0 aromatic heterocycles. The molecule has 88 valence electrons. The fraction of sp³-hybridized carbons (Fsp3) is 0.125. The molecule has 1 aromatic rings. The third-order valence-corrected chi connectivity index (χ3v) is 3.57. The number of carbonyl (C=O) groups is 1. The number of rotatable bonds is 2. The number of carbonyl (C=O) groups excluding carboxylic acids is 1. The van der Waals surface area contributed by atoms with Gasteiger partial charge in [0.25, 0.3) is 0 Å². The first-order valence-electron chi connectivity index (χ1n) is 3.80. The van der Waals surface area contributed by atoms with E-state index >= 15 is 0 Å². The van der Waals surface area contributed by atoms with Crippen LogP contribution in [0, 0.1) is 0 Å². The Morgan fingerprint density at radius 1 is 1.31 bits per heavy atom. The molecule has 0 saturated carbocycles. The van der Waals surface area contributed by atoms with Gasteiger partial charge in [-0.25, -0.2) is 4.79 Å². The van der Waals surface area contributed by atoms with Gasteiger partial charge in [0.05, 0.1) is 22.7 Å². The molecule has 0 amide bonds. The Morgan fingerprint density at radius 3 is 2.31 bits per heavy atom. The van der Waals surface area contributed by atoms with Crippen molar-refractivity contribution in [2.45, 2.75) is 4.90 Å². The molecule has 0 bridgehead atoms. The Labute approximate surface area is 101 Å². The molecule has 4 nitrogen and oxygen atoms in total. The van der Waals surface area contributed by atoms with Crippen molar-refractivity contribution in [2.24, 2.45) is 0 Å². The number of benzene rings is 1. The Kier molecular flexibility index (Phi) is 3.77. The molecule has 1 aromatic carbocycles. The molecule has 0 heterocycles. The van der Waals surface area contributed by atoms with Crippen molar-refractivity contribution in [1.82, 2.24) is 0 Å². The van der Waals surface area contributed by atoms with Crippen LogP contribution in [0.5, 0.6) is 0 Å². The van der Waals surface area contributed by atoms with E-state index in [-0.39, 0.29) is 10.6 Å². The van der Waals surface area contributed by atoms with Crippen LogP contribution in [0.1, 0.15) is 10.4 Å². The van der Waals surface area contributed by atoms with Gasteiger partial charge in [-0.15, -0.1) is 3.89 Å². The summed E-state index contributed by atoms with van der Waals surface area (Å²) >= 11 is 11.1. The number of halogens is 3.